The highest BCUT2D eigenvalue weighted by atomic mass is 32.2. The van der Waals surface area contributed by atoms with E-state index in [2.05, 4.69) is 4.74 Å². The monoisotopic (exact) mass is 373 g/mol. The number of hydrogen-bond donors (Lipinski definition) is 0. The standard InChI is InChI=1S/C17H18F3NO3S/c18-17(19,20)24-15-3-1-2-4-16(15)25(22,23)21-13-7-8-14(21)10-12(9-13)11-5-6-11/h1-4,13-14H,5-10H2. The Labute approximate surface area is 144 Å². The molecular formula is C17H18F3NO3S. The van der Waals surface area contributed by atoms with Gasteiger partial charge in [-0.25, -0.2) is 8.42 Å². The predicted molar refractivity (Wildman–Crippen MR) is 84.5 cm³/mol. The molecule has 1 aromatic carbocycles. The lowest BCUT2D eigenvalue weighted by molar-refractivity contribution is -0.275. The van der Waals surface area contributed by atoms with E-state index in [1.807, 2.05) is 0 Å². The van der Waals surface area contributed by atoms with Gasteiger partial charge in [0.1, 0.15) is 10.6 Å². The third-order valence-electron chi connectivity index (χ3n) is 5.15. The Morgan fingerprint density at radius 3 is 2.16 bits per heavy atom. The lowest BCUT2D eigenvalue weighted by Crippen LogP contribution is -2.44. The molecule has 136 valence electrons. The van der Waals surface area contributed by atoms with Crippen LogP contribution in [0.3, 0.4) is 0 Å². The van der Waals surface area contributed by atoms with Crippen molar-refractivity contribution in [3.05, 3.63) is 35.4 Å². The van der Waals surface area contributed by atoms with Crippen LogP contribution in [0, 0.1) is 0 Å². The topological polar surface area (TPSA) is 46.6 Å². The van der Waals surface area contributed by atoms with Crippen LogP contribution in [-0.2, 0) is 10.0 Å². The number of piperidine rings is 1. The molecule has 2 atom stereocenters. The number of alkyl halides is 3. The van der Waals surface area contributed by atoms with Crippen LogP contribution in [0.15, 0.2) is 40.3 Å². The van der Waals surface area contributed by atoms with Crippen LogP contribution in [0.5, 0.6) is 5.75 Å². The van der Waals surface area contributed by atoms with Crippen molar-refractivity contribution >= 4 is 10.0 Å². The Kier molecular flexibility index (Phi) is 3.88. The zero-order valence-electron chi connectivity index (χ0n) is 13.4. The molecule has 8 heteroatoms. The Hall–Kier alpha value is -1.54. The summed E-state index contributed by atoms with van der Waals surface area (Å²) in [5.41, 5.74) is 2.80. The molecule has 2 heterocycles. The number of rotatable bonds is 3. The minimum Gasteiger partial charge on any atom is -0.404 e. The van der Waals surface area contributed by atoms with E-state index >= 15 is 0 Å². The highest BCUT2D eigenvalue weighted by Gasteiger charge is 2.47. The molecule has 2 unspecified atom stereocenters. The summed E-state index contributed by atoms with van der Waals surface area (Å²) in [5.74, 6) is -0.666. The molecule has 2 saturated heterocycles. The van der Waals surface area contributed by atoms with E-state index in [1.54, 1.807) is 0 Å². The SMILES string of the molecule is O=S(=O)(c1ccccc1OC(F)(F)F)N1C2CCC1CC(=C1CC1)C2. The van der Waals surface area contributed by atoms with E-state index in [-0.39, 0.29) is 12.1 Å². The van der Waals surface area contributed by atoms with Gasteiger partial charge in [0.2, 0.25) is 10.0 Å². The van der Waals surface area contributed by atoms with Crippen LogP contribution in [-0.4, -0.2) is 31.2 Å². The average molecular weight is 373 g/mol. The summed E-state index contributed by atoms with van der Waals surface area (Å²) in [6, 6.07) is 4.66. The first-order valence-electron chi connectivity index (χ1n) is 8.34. The summed E-state index contributed by atoms with van der Waals surface area (Å²) in [4.78, 5) is -0.410. The molecule has 3 fully saturated rings. The van der Waals surface area contributed by atoms with Gasteiger partial charge < -0.3 is 4.74 Å². The third kappa shape index (κ3) is 3.17. The molecule has 2 aliphatic heterocycles. The van der Waals surface area contributed by atoms with E-state index < -0.39 is 27.0 Å². The van der Waals surface area contributed by atoms with Crippen LogP contribution in [0.25, 0.3) is 0 Å². The minimum atomic E-state index is -4.93. The van der Waals surface area contributed by atoms with Gasteiger partial charge in [-0.2, -0.15) is 4.31 Å². The van der Waals surface area contributed by atoms with E-state index in [9.17, 15) is 21.6 Å². The van der Waals surface area contributed by atoms with E-state index in [0.717, 1.165) is 31.7 Å². The van der Waals surface area contributed by atoms with Gasteiger partial charge in [-0.3, -0.25) is 0 Å². The summed E-state index contributed by atoms with van der Waals surface area (Å²) in [6.07, 6.45) is 0.177. The number of nitrogens with zero attached hydrogens (tertiary/aromatic N) is 1. The molecular weight excluding hydrogens is 355 g/mol. The van der Waals surface area contributed by atoms with Crippen molar-refractivity contribution in [3.63, 3.8) is 0 Å². The Bertz CT molecular complexity index is 810. The lowest BCUT2D eigenvalue weighted by Gasteiger charge is -2.35. The number of para-hydroxylation sites is 1. The molecule has 4 rings (SSSR count). The number of hydrogen-bond acceptors (Lipinski definition) is 3. The van der Waals surface area contributed by atoms with Crippen molar-refractivity contribution in [1.29, 1.82) is 0 Å². The molecule has 0 N–H and O–H groups in total. The Morgan fingerprint density at radius 1 is 1.00 bits per heavy atom. The second-order valence-electron chi connectivity index (χ2n) is 6.83. The van der Waals surface area contributed by atoms with Crippen LogP contribution < -0.4 is 4.74 Å². The Balaban J connectivity index is 1.68. The highest BCUT2D eigenvalue weighted by molar-refractivity contribution is 7.89. The van der Waals surface area contributed by atoms with Crippen LogP contribution >= 0.6 is 0 Å². The van der Waals surface area contributed by atoms with Crippen molar-refractivity contribution in [2.45, 2.75) is 61.9 Å². The number of sulfonamides is 1. The molecule has 1 aliphatic carbocycles. The van der Waals surface area contributed by atoms with Gasteiger partial charge in [0.05, 0.1) is 0 Å². The second kappa shape index (κ2) is 5.74. The first kappa shape index (κ1) is 16.9. The summed E-state index contributed by atoms with van der Waals surface area (Å²) < 4.78 is 69.5. The maximum absolute atomic E-state index is 13.1. The van der Waals surface area contributed by atoms with Gasteiger partial charge in [-0.15, -0.1) is 13.2 Å². The van der Waals surface area contributed by atoms with Crippen molar-refractivity contribution < 1.29 is 26.3 Å². The van der Waals surface area contributed by atoms with Crippen LogP contribution in [0.1, 0.15) is 38.5 Å². The Morgan fingerprint density at radius 2 is 1.60 bits per heavy atom. The first-order valence-corrected chi connectivity index (χ1v) is 9.78. The number of allylic oxidation sites excluding steroid dienone is 1. The number of halogens is 3. The fourth-order valence-electron chi connectivity index (χ4n) is 4.06. The fourth-order valence-corrected chi connectivity index (χ4v) is 6.04. The van der Waals surface area contributed by atoms with Gasteiger partial charge in [-0.1, -0.05) is 23.3 Å². The zero-order chi connectivity index (χ0) is 17.8. The molecule has 25 heavy (non-hydrogen) atoms. The van der Waals surface area contributed by atoms with Crippen molar-refractivity contribution in [1.82, 2.24) is 4.31 Å². The summed E-state index contributed by atoms with van der Waals surface area (Å²) in [6.45, 7) is 0. The van der Waals surface area contributed by atoms with Crippen LogP contribution in [0.4, 0.5) is 13.2 Å². The molecule has 0 radical (unpaired) electrons. The largest absolute Gasteiger partial charge is 0.573 e. The second-order valence-corrected chi connectivity index (χ2v) is 8.64. The molecule has 0 amide bonds. The summed E-state index contributed by atoms with van der Waals surface area (Å²) in [7, 11) is -4.04. The lowest BCUT2D eigenvalue weighted by atomic mass is 9.98. The fraction of sp³-hybridized carbons (Fsp3) is 0.529. The van der Waals surface area contributed by atoms with E-state index in [1.165, 1.54) is 33.7 Å². The summed E-state index contributed by atoms with van der Waals surface area (Å²) in [5, 5.41) is 0. The third-order valence-corrected chi connectivity index (χ3v) is 7.19. The molecule has 0 aromatic heterocycles. The maximum Gasteiger partial charge on any atom is 0.573 e. The smallest absolute Gasteiger partial charge is 0.404 e. The van der Waals surface area contributed by atoms with E-state index in [4.69, 9.17) is 0 Å². The van der Waals surface area contributed by atoms with Gasteiger partial charge in [0.15, 0.2) is 0 Å². The number of fused-ring (bicyclic) bond motifs is 2. The molecule has 1 aromatic rings. The molecule has 0 spiro atoms. The molecule has 4 nitrogen and oxygen atoms in total. The molecule has 1 saturated carbocycles. The van der Waals surface area contributed by atoms with Crippen molar-refractivity contribution in [2.24, 2.45) is 0 Å². The van der Waals surface area contributed by atoms with Crippen LogP contribution in [0.2, 0.25) is 0 Å². The van der Waals surface area contributed by atoms with Crippen molar-refractivity contribution in [3.8, 4) is 5.75 Å². The van der Waals surface area contributed by atoms with Gasteiger partial charge in [0.25, 0.3) is 0 Å². The summed E-state index contributed by atoms with van der Waals surface area (Å²) >= 11 is 0. The normalized spacial score (nSPS) is 26.8. The quantitative estimate of drug-likeness (QED) is 0.753. The maximum atomic E-state index is 13.1. The number of ether oxygens (including phenoxy) is 1. The van der Waals surface area contributed by atoms with Crippen molar-refractivity contribution in [2.75, 3.05) is 0 Å². The zero-order valence-corrected chi connectivity index (χ0v) is 14.2. The minimum absolute atomic E-state index is 0.161. The van der Waals surface area contributed by atoms with E-state index in [0.29, 0.717) is 12.8 Å². The van der Waals surface area contributed by atoms with Gasteiger partial charge in [0, 0.05) is 12.1 Å². The molecule has 3 aliphatic rings. The number of benzene rings is 1. The first-order chi connectivity index (χ1) is 11.8. The predicted octanol–water partition coefficient (Wildman–Crippen LogP) is 3.99. The van der Waals surface area contributed by atoms with Gasteiger partial charge >= 0.3 is 6.36 Å². The highest BCUT2D eigenvalue weighted by Crippen LogP contribution is 2.47. The van der Waals surface area contributed by atoms with Gasteiger partial charge in [-0.05, 0) is 50.7 Å². The molecule has 2 bridgehead atoms. The average Bonchev–Trinajstić information content (AvgIpc) is 3.31.